The van der Waals surface area contributed by atoms with E-state index in [0.29, 0.717) is 5.82 Å². The first kappa shape index (κ1) is 13.7. The Balaban J connectivity index is 2.08. The van der Waals surface area contributed by atoms with Gasteiger partial charge in [0.25, 0.3) is 5.91 Å². The van der Waals surface area contributed by atoms with Gasteiger partial charge in [0, 0.05) is 13.7 Å². The monoisotopic (exact) mass is 267 g/mol. The number of pyridine rings is 1. The predicted molar refractivity (Wildman–Crippen MR) is 69.6 cm³/mol. The first-order valence-electron chi connectivity index (χ1n) is 6.37. The maximum absolute atomic E-state index is 13.2. The SMILES string of the molecule is CNc1ncc(F)cc1C(=O)NC(C)C1CCCO1. The molecular formula is C13H18FN3O2. The molecule has 1 aliphatic heterocycles. The average Bonchev–Trinajstić information content (AvgIpc) is 2.92. The van der Waals surface area contributed by atoms with Crippen LogP contribution >= 0.6 is 0 Å². The van der Waals surface area contributed by atoms with Gasteiger partial charge >= 0.3 is 0 Å². The number of carbonyl (C=O) groups is 1. The number of amides is 1. The summed E-state index contributed by atoms with van der Waals surface area (Å²) in [4.78, 5) is 16.0. The van der Waals surface area contributed by atoms with Crippen LogP contribution < -0.4 is 10.6 Å². The van der Waals surface area contributed by atoms with Crippen LogP contribution in [0.1, 0.15) is 30.1 Å². The quantitative estimate of drug-likeness (QED) is 0.869. The number of nitrogens with zero attached hydrogens (tertiary/aromatic N) is 1. The fourth-order valence-corrected chi connectivity index (χ4v) is 2.19. The number of ether oxygens (including phenoxy) is 1. The lowest BCUT2D eigenvalue weighted by Gasteiger charge is -2.20. The van der Waals surface area contributed by atoms with E-state index in [1.54, 1.807) is 7.05 Å². The molecule has 1 fully saturated rings. The molecule has 1 aromatic rings. The molecule has 5 nitrogen and oxygen atoms in total. The molecule has 1 amide bonds. The number of carbonyl (C=O) groups excluding carboxylic acids is 1. The Hall–Kier alpha value is -1.69. The minimum atomic E-state index is -0.533. The number of hydrogen-bond acceptors (Lipinski definition) is 4. The second-order valence-corrected chi connectivity index (χ2v) is 4.61. The van der Waals surface area contributed by atoms with E-state index in [-0.39, 0.29) is 23.6 Å². The van der Waals surface area contributed by atoms with Gasteiger partial charge in [0.05, 0.1) is 23.9 Å². The topological polar surface area (TPSA) is 63.2 Å². The zero-order valence-electron chi connectivity index (χ0n) is 11.1. The molecule has 2 heterocycles. The molecule has 2 N–H and O–H groups in total. The highest BCUT2D eigenvalue weighted by Gasteiger charge is 2.25. The molecule has 0 spiro atoms. The molecule has 2 rings (SSSR count). The van der Waals surface area contributed by atoms with Crippen molar-refractivity contribution in [3.63, 3.8) is 0 Å². The van der Waals surface area contributed by atoms with Crippen molar-refractivity contribution in [3.05, 3.63) is 23.6 Å². The predicted octanol–water partition coefficient (Wildman–Crippen LogP) is 1.56. The third-order valence-electron chi connectivity index (χ3n) is 3.22. The molecule has 1 aliphatic rings. The summed E-state index contributed by atoms with van der Waals surface area (Å²) in [6.45, 7) is 2.62. The molecular weight excluding hydrogens is 249 g/mol. The van der Waals surface area contributed by atoms with Gasteiger partial charge in [-0.2, -0.15) is 0 Å². The van der Waals surface area contributed by atoms with Gasteiger partial charge in [-0.25, -0.2) is 9.37 Å². The van der Waals surface area contributed by atoms with Gasteiger partial charge in [-0.05, 0) is 25.8 Å². The van der Waals surface area contributed by atoms with Crippen molar-refractivity contribution in [1.29, 1.82) is 0 Å². The number of halogens is 1. The van der Waals surface area contributed by atoms with Crippen molar-refractivity contribution >= 4 is 11.7 Å². The summed E-state index contributed by atoms with van der Waals surface area (Å²) in [6.07, 6.45) is 3.05. The van der Waals surface area contributed by atoms with Gasteiger partial charge in [-0.15, -0.1) is 0 Å². The molecule has 6 heteroatoms. The van der Waals surface area contributed by atoms with E-state index in [9.17, 15) is 9.18 Å². The number of hydrogen-bond donors (Lipinski definition) is 2. The number of aromatic nitrogens is 1. The van der Waals surface area contributed by atoms with Crippen LogP contribution in [0.2, 0.25) is 0 Å². The Morgan fingerprint density at radius 2 is 2.42 bits per heavy atom. The van der Waals surface area contributed by atoms with E-state index >= 15 is 0 Å². The van der Waals surface area contributed by atoms with Crippen LogP contribution in [-0.4, -0.2) is 36.7 Å². The second kappa shape index (κ2) is 5.97. The third-order valence-corrected chi connectivity index (χ3v) is 3.22. The second-order valence-electron chi connectivity index (χ2n) is 4.61. The van der Waals surface area contributed by atoms with Crippen molar-refractivity contribution in [1.82, 2.24) is 10.3 Å². The van der Waals surface area contributed by atoms with Gasteiger partial charge in [-0.3, -0.25) is 4.79 Å². The Morgan fingerprint density at radius 3 is 3.05 bits per heavy atom. The maximum Gasteiger partial charge on any atom is 0.255 e. The summed E-state index contributed by atoms with van der Waals surface area (Å²) in [5.74, 6) is -0.522. The normalized spacial score (nSPS) is 20.1. The highest BCUT2D eigenvalue weighted by atomic mass is 19.1. The van der Waals surface area contributed by atoms with Gasteiger partial charge < -0.3 is 15.4 Å². The number of nitrogens with one attached hydrogen (secondary N) is 2. The van der Waals surface area contributed by atoms with Crippen LogP contribution in [0.5, 0.6) is 0 Å². The van der Waals surface area contributed by atoms with E-state index in [1.807, 2.05) is 6.92 Å². The van der Waals surface area contributed by atoms with E-state index in [0.717, 1.165) is 25.6 Å². The number of rotatable bonds is 4. The average molecular weight is 267 g/mol. The van der Waals surface area contributed by atoms with Crippen LogP contribution in [0.25, 0.3) is 0 Å². The Morgan fingerprint density at radius 1 is 1.63 bits per heavy atom. The summed E-state index contributed by atoms with van der Waals surface area (Å²) in [5, 5.41) is 5.61. The molecule has 0 radical (unpaired) electrons. The van der Waals surface area contributed by atoms with E-state index in [2.05, 4.69) is 15.6 Å². The van der Waals surface area contributed by atoms with Gasteiger partial charge in [0.15, 0.2) is 0 Å². The summed E-state index contributed by atoms with van der Waals surface area (Å²) >= 11 is 0. The molecule has 2 unspecified atom stereocenters. The van der Waals surface area contributed by atoms with Gasteiger partial charge in [-0.1, -0.05) is 0 Å². The Bertz CT molecular complexity index is 461. The summed E-state index contributed by atoms with van der Waals surface area (Å²) in [6, 6.07) is 1.07. The highest BCUT2D eigenvalue weighted by Crippen LogP contribution is 2.17. The lowest BCUT2D eigenvalue weighted by Crippen LogP contribution is -2.41. The van der Waals surface area contributed by atoms with Crippen molar-refractivity contribution in [2.45, 2.75) is 31.9 Å². The smallest absolute Gasteiger partial charge is 0.255 e. The van der Waals surface area contributed by atoms with Crippen LogP contribution in [0.4, 0.5) is 10.2 Å². The lowest BCUT2D eigenvalue weighted by atomic mass is 10.1. The fourth-order valence-electron chi connectivity index (χ4n) is 2.19. The van der Waals surface area contributed by atoms with Gasteiger partial charge in [0.2, 0.25) is 0 Å². The molecule has 2 atom stereocenters. The van der Waals surface area contributed by atoms with Crippen LogP contribution in [-0.2, 0) is 4.74 Å². The largest absolute Gasteiger partial charge is 0.376 e. The first-order valence-corrected chi connectivity index (χ1v) is 6.37. The molecule has 0 aliphatic carbocycles. The van der Waals surface area contributed by atoms with Gasteiger partial charge in [0.1, 0.15) is 11.6 Å². The van der Waals surface area contributed by atoms with E-state index in [1.165, 1.54) is 6.07 Å². The molecule has 1 aromatic heterocycles. The van der Waals surface area contributed by atoms with Crippen molar-refractivity contribution < 1.29 is 13.9 Å². The van der Waals surface area contributed by atoms with Crippen molar-refractivity contribution in [3.8, 4) is 0 Å². The first-order chi connectivity index (χ1) is 9.11. The van der Waals surface area contributed by atoms with Crippen LogP contribution in [0, 0.1) is 5.82 Å². The molecule has 19 heavy (non-hydrogen) atoms. The highest BCUT2D eigenvalue weighted by molar-refractivity contribution is 5.98. The molecule has 0 saturated carbocycles. The fraction of sp³-hybridized carbons (Fsp3) is 0.538. The van der Waals surface area contributed by atoms with E-state index in [4.69, 9.17) is 4.74 Å². The third kappa shape index (κ3) is 3.20. The van der Waals surface area contributed by atoms with Crippen LogP contribution in [0.3, 0.4) is 0 Å². The van der Waals surface area contributed by atoms with E-state index < -0.39 is 5.82 Å². The van der Waals surface area contributed by atoms with Crippen LogP contribution in [0.15, 0.2) is 12.3 Å². The Kier molecular flexibility index (Phi) is 4.31. The standard InChI is InChI=1S/C13H18FN3O2/c1-8(11-4-3-5-19-11)17-13(18)10-6-9(14)7-16-12(10)15-2/h6-8,11H,3-5H2,1-2H3,(H,15,16)(H,17,18). The van der Waals surface area contributed by atoms with Crippen molar-refractivity contribution in [2.75, 3.05) is 19.0 Å². The zero-order valence-corrected chi connectivity index (χ0v) is 11.1. The minimum Gasteiger partial charge on any atom is -0.376 e. The molecule has 0 bridgehead atoms. The molecule has 1 saturated heterocycles. The zero-order chi connectivity index (χ0) is 13.8. The summed E-state index contributed by atoms with van der Waals surface area (Å²) < 4.78 is 18.7. The summed E-state index contributed by atoms with van der Waals surface area (Å²) in [5.41, 5.74) is 0.201. The number of anilines is 1. The Labute approximate surface area is 111 Å². The molecule has 0 aromatic carbocycles. The maximum atomic E-state index is 13.2. The summed E-state index contributed by atoms with van der Waals surface area (Å²) in [7, 11) is 1.64. The van der Waals surface area contributed by atoms with Crippen molar-refractivity contribution in [2.24, 2.45) is 0 Å². The lowest BCUT2D eigenvalue weighted by molar-refractivity contribution is 0.0712. The molecule has 104 valence electrons. The minimum absolute atomic E-state index is 0.0310.